The summed E-state index contributed by atoms with van der Waals surface area (Å²) in [5, 5.41) is 6.98. The Morgan fingerprint density at radius 2 is 1.83 bits per heavy atom. The molecule has 3 aromatic rings. The number of carbonyl (C=O) groups excluding carboxylic acids is 1. The molecule has 1 amide bonds. The lowest BCUT2D eigenvalue weighted by molar-refractivity contribution is 0.102. The summed E-state index contributed by atoms with van der Waals surface area (Å²) in [7, 11) is 0. The molecule has 5 heteroatoms. The summed E-state index contributed by atoms with van der Waals surface area (Å²) in [5.41, 5.74) is 3.35. The second-order valence-corrected chi connectivity index (χ2v) is 5.37. The number of aromatic nitrogens is 2. The van der Waals surface area contributed by atoms with Gasteiger partial charge in [0.1, 0.15) is 5.82 Å². The molecule has 2 aromatic carbocycles. The van der Waals surface area contributed by atoms with Crippen molar-refractivity contribution in [2.24, 2.45) is 0 Å². The van der Waals surface area contributed by atoms with Gasteiger partial charge in [0, 0.05) is 11.8 Å². The SMILES string of the molecule is Cc1ccc(Cn2cc(NC(=O)c3ccc(F)cc3)cn2)cc1. The summed E-state index contributed by atoms with van der Waals surface area (Å²) in [6, 6.07) is 13.6. The highest BCUT2D eigenvalue weighted by molar-refractivity contribution is 6.04. The maximum absolute atomic E-state index is 12.9. The van der Waals surface area contributed by atoms with Crippen LogP contribution < -0.4 is 5.32 Å². The number of hydrogen-bond donors (Lipinski definition) is 1. The Hall–Kier alpha value is -2.95. The van der Waals surface area contributed by atoms with Crippen LogP contribution in [0.1, 0.15) is 21.5 Å². The van der Waals surface area contributed by atoms with Gasteiger partial charge in [0.25, 0.3) is 5.91 Å². The largest absolute Gasteiger partial charge is 0.319 e. The Balaban J connectivity index is 1.66. The highest BCUT2D eigenvalue weighted by Gasteiger charge is 2.08. The first-order valence-corrected chi connectivity index (χ1v) is 7.25. The topological polar surface area (TPSA) is 46.9 Å². The molecular weight excluding hydrogens is 293 g/mol. The van der Waals surface area contributed by atoms with Crippen LogP contribution in [-0.4, -0.2) is 15.7 Å². The third-order valence-electron chi connectivity index (χ3n) is 3.46. The molecule has 0 unspecified atom stereocenters. The summed E-state index contributed by atoms with van der Waals surface area (Å²) in [6.07, 6.45) is 3.36. The van der Waals surface area contributed by atoms with Crippen LogP contribution in [0.2, 0.25) is 0 Å². The molecule has 1 aromatic heterocycles. The van der Waals surface area contributed by atoms with E-state index >= 15 is 0 Å². The summed E-state index contributed by atoms with van der Waals surface area (Å²) >= 11 is 0. The zero-order valence-electron chi connectivity index (χ0n) is 12.7. The molecule has 0 bridgehead atoms. The molecule has 0 aliphatic rings. The van der Waals surface area contributed by atoms with Gasteiger partial charge in [-0.3, -0.25) is 9.48 Å². The molecule has 0 atom stereocenters. The normalized spacial score (nSPS) is 10.5. The fourth-order valence-electron chi connectivity index (χ4n) is 2.20. The number of anilines is 1. The van der Waals surface area contributed by atoms with Crippen LogP contribution in [0.3, 0.4) is 0 Å². The van der Waals surface area contributed by atoms with Crippen LogP contribution in [0.15, 0.2) is 60.9 Å². The van der Waals surface area contributed by atoms with E-state index in [0.29, 0.717) is 17.8 Å². The number of aryl methyl sites for hydroxylation is 1. The number of halogens is 1. The van der Waals surface area contributed by atoms with Gasteiger partial charge in [0.05, 0.1) is 18.4 Å². The molecule has 0 fully saturated rings. The van der Waals surface area contributed by atoms with Gasteiger partial charge in [-0.15, -0.1) is 0 Å². The average Bonchev–Trinajstić information content (AvgIpc) is 2.97. The van der Waals surface area contributed by atoms with Gasteiger partial charge in [0.15, 0.2) is 0 Å². The lowest BCUT2D eigenvalue weighted by Crippen LogP contribution is -2.11. The van der Waals surface area contributed by atoms with Crippen molar-refractivity contribution < 1.29 is 9.18 Å². The number of nitrogens with zero attached hydrogens (tertiary/aromatic N) is 2. The third kappa shape index (κ3) is 3.83. The maximum Gasteiger partial charge on any atom is 0.255 e. The van der Waals surface area contributed by atoms with Crippen LogP contribution >= 0.6 is 0 Å². The molecule has 0 saturated heterocycles. The molecule has 23 heavy (non-hydrogen) atoms. The van der Waals surface area contributed by atoms with E-state index in [-0.39, 0.29) is 11.7 Å². The number of carbonyl (C=O) groups is 1. The first-order valence-electron chi connectivity index (χ1n) is 7.25. The summed E-state index contributed by atoms with van der Waals surface area (Å²) < 4.78 is 14.6. The number of benzene rings is 2. The van der Waals surface area contributed by atoms with E-state index in [0.717, 1.165) is 5.56 Å². The molecular formula is C18H16FN3O. The van der Waals surface area contributed by atoms with Crippen LogP contribution in [0, 0.1) is 12.7 Å². The van der Waals surface area contributed by atoms with Crippen molar-refractivity contribution >= 4 is 11.6 Å². The Labute approximate surface area is 133 Å². The number of rotatable bonds is 4. The van der Waals surface area contributed by atoms with Gasteiger partial charge in [-0.2, -0.15) is 5.10 Å². The molecule has 0 aliphatic heterocycles. The quantitative estimate of drug-likeness (QED) is 0.800. The van der Waals surface area contributed by atoms with Crippen LogP contribution in [0.25, 0.3) is 0 Å². The summed E-state index contributed by atoms with van der Waals surface area (Å²) in [4.78, 5) is 12.1. The van der Waals surface area contributed by atoms with Crippen molar-refractivity contribution in [1.82, 2.24) is 9.78 Å². The standard InChI is InChI=1S/C18H16FN3O/c1-13-2-4-14(5-3-13)11-22-12-17(10-20-22)21-18(23)15-6-8-16(19)9-7-15/h2-10,12H,11H2,1H3,(H,21,23). The predicted molar refractivity (Wildman–Crippen MR) is 86.9 cm³/mol. The van der Waals surface area contributed by atoms with Crippen LogP contribution in [-0.2, 0) is 6.54 Å². The number of nitrogens with one attached hydrogen (secondary N) is 1. The predicted octanol–water partition coefficient (Wildman–Crippen LogP) is 3.63. The Bertz CT molecular complexity index is 807. The Morgan fingerprint density at radius 1 is 1.13 bits per heavy atom. The number of hydrogen-bond acceptors (Lipinski definition) is 2. The minimum absolute atomic E-state index is 0.292. The summed E-state index contributed by atoms with van der Waals surface area (Å²) in [6.45, 7) is 2.67. The summed E-state index contributed by atoms with van der Waals surface area (Å²) in [5.74, 6) is -0.660. The zero-order valence-corrected chi connectivity index (χ0v) is 12.7. The molecule has 1 N–H and O–H groups in total. The lowest BCUT2D eigenvalue weighted by atomic mass is 10.1. The smallest absolute Gasteiger partial charge is 0.255 e. The van der Waals surface area contributed by atoms with Crippen molar-refractivity contribution in [3.8, 4) is 0 Å². The Morgan fingerprint density at radius 3 is 2.52 bits per heavy atom. The van der Waals surface area contributed by atoms with Gasteiger partial charge >= 0.3 is 0 Å². The van der Waals surface area contributed by atoms with E-state index in [1.54, 1.807) is 17.1 Å². The second-order valence-electron chi connectivity index (χ2n) is 5.37. The fraction of sp³-hybridized carbons (Fsp3) is 0.111. The van der Waals surface area contributed by atoms with Crippen molar-refractivity contribution in [1.29, 1.82) is 0 Å². The lowest BCUT2D eigenvalue weighted by Gasteiger charge is -2.03. The molecule has 4 nitrogen and oxygen atoms in total. The first kappa shape index (κ1) is 15.0. The van der Waals surface area contributed by atoms with Gasteiger partial charge in [0.2, 0.25) is 0 Å². The Kier molecular flexibility index (Phi) is 4.19. The van der Waals surface area contributed by atoms with Gasteiger partial charge in [-0.05, 0) is 36.8 Å². The molecule has 0 spiro atoms. The van der Waals surface area contributed by atoms with Crippen molar-refractivity contribution in [2.45, 2.75) is 13.5 Å². The van der Waals surface area contributed by atoms with E-state index in [9.17, 15) is 9.18 Å². The van der Waals surface area contributed by atoms with Crippen LogP contribution in [0.5, 0.6) is 0 Å². The molecule has 0 radical (unpaired) electrons. The molecule has 3 rings (SSSR count). The van der Waals surface area contributed by atoms with E-state index in [1.807, 2.05) is 19.1 Å². The zero-order chi connectivity index (χ0) is 16.2. The number of amides is 1. The highest BCUT2D eigenvalue weighted by Crippen LogP contribution is 2.11. The van der Waals surface area contributed by atoms with Gasteiger partial charge in [-0.25, -0.2) is 4.39 Å². The van der Waals surface area contributed by atoms with Crippen molar-refractivity contribution in [2.75, 3.05) is 5.32 Å². The van der Waals surface area contributed by atoms with Crippen LogP contribution in [0.4, 0.5) is 10.1 Å². The van der Waals surface area contributed by atoms with E-state index in [1.165, 1.54) is 29.8 Å². The second kappa shape index (κ2) is 6.44. The van der Waals surface area contributed by atoms with Crippen molar-refractivity contribution in [3.05, 3.63) is 83.4 Å². The molecule has 0 saturated carbocycles. The third-order valence-corrected chi connectivity index (χ3v) is 3.46. The minimum Gasteiger partial charge on any atom is -0.319 e. The highest BCUT2D eigenvalue weighted by atomic mass is 19.1. The first-order chi connectivity index (χ1) is 11.1. The van der Waals surface area contributed by atoms with Gasteiger partial charge in [-0.1, -0.05) is 29.8 Å². The van der Waals surface area contributed by atoms with E-state index in [2.05, 4.69) is 22.5 Å². The fourth-order valence-corrected chi connectivity index (χ4v) is 2.20. The van der Waals surface area contributed by atoms with E-state index in [4.69, 9.17) is 0 Å². The minimum atomic E-state index is -0.368. The molecule has 0 aliphatic carbocycles. The monoisotopic (exact) mass is 309 g/mol. The molecule has 116 valence electrons. The maximum atomic E-state index is 12.9. The molecule has 1 heterocycles. The van der Waals surface area contributed by atoms with Crippen molar-refractivity contribution in [3.63, 3.8) is 0 Å². The van der Waals surface area contributed by atoms with Gasteiger partial charge < -0.3 is 5.32 Å². The van der Waals surface area contributed by atoms with E-state index < -0.39 is 0 Å². The average molecular weight is 309 g/mol.